The Balaban J connectivity index is 2.89. The van der Waals surface area contributed by atoms with E-state index in [1.807, 2.05) is 13.0 Å². The van der Waals surface area contributed by atoms with Gasteiger partial charge in [0.2, 0.25) is 0 Å². The van der Waals surface area contributed by atoms with E-state index in [1.165, 1.54) is 7.11 Å². The summed E-state index contributed by atoms with van der Waals surface area (Å²) in [4.78, 5) is 8.53. The van der Waals surface area contributed by atoms with Gasteiger partial charge in [0.25, 0.3) is 0 Å². The van der Waals surface area contributed by atoms with Crippen LogP contribution >= 0.6 is 11.6 Å². The highest BCUT2D eigenvalue weighted by atomic mass is 35.5. The molecule has 12 heavy (non-hydrogen) atoms. The molecule has 1 heterocycles. The lowest BCUT2D eigenvalue weighted by molar-refractivity contribution is 0.213. The summed E-state index contributed by atoms with van der Waals surface area (Å²) >= 11 is 5.61. The average molecular weight is 185 g/mol. The van der Waals surface area contributed by atoms with Gasteiger partial charge >= 0.3 is 0 Å². The van der Waals surface area contributed by atoms with Crippen molar-refractivity contribution >= 4 is 17.3 Å². The van der Waals surface area contributed by atoms with Gasteiger partial charge in [-0.2, -0.15) is 0 Å². The SMILES string of the molecule is CON=C(C)c1ccc(Cl)nc1. The third-order valence-electron chi connectivity index (χ3n) is 1.37. The molecule has 0 bridgehead atoms. The third-order valence-corrected chi connectivity index (χ3v) is 1.60. The molecule has 0 unspecified atom stereocenters. The first kappa shape index (κ1) is 9.00. The quantitative estimate of drug-likeness (QED) is 0.401. The molecule has 0 amide bonds. The van der Waals surface area contributed by atoms with Gasteiger partial charge in [-0.15, -0.1) is 0 Å². The van der Waals surface area contributed by atoms with Crippen molar-refractivity contribution in [2.45, 2.75) is 6.92 Å². The van der Waals surface area contributed by atoms with Gasteiger partial charge in [0, 0.05) is 11.8 Å². The lowest BCUT2D eigenvalue weighted by Crippen LogP contribution is -1.95. The van der Waals surface area contributed by atoms with E-state index >= 15 is 0 Å². The van der Waals surface area contributed by atoms with E-state index in [-0.39, 0.29) is 0 Å². The molecule has 0 aliphatic rings. The molecule has 1 aromatic heterocycles. The fourth-order valence-electron chi connectivity index (χ4n) is 0.779. The molecule has 4 heteroatoms. The van der Waals surface area contributed by atoms with Crippen LogP contribution < -0.4 is 0 Å². The Labute approximate surface area is 76.0 Å². The zero-order chi connectivity index (χ0) is 8.97. The molecule has 0 aromatic carbocycles. The number of aromatic nitrogens is 1. The molecule has 0 saturated carbocycles. The topological polar surface area (TPSA) is 34.5 Å². The molecule has 64 valence electrons. The first-order valence-corrected chi connectivity index (χ1v) is 3.81. The molecule has 0 spiro atoms. The largest absolute Gasteiger partial charge is 0.399 e. The molecule has 0 fully saturated rings. The standard InChI is InChI=1S/C8H9ClN2O/c1-6(11-12-2)7-3-4-8(9)10-5-7/h3-5H,1-2H3. The fraction of sp³-hybridized carbons (Fsp3) is 0.250. The van der Waals surface area contributed by atoms with Crippen LogP contribution in [0, 0.1) is 0 Å². The predicted octanol–water partition coefficient (Wildman–Crippen LogP) is 2.11. The number of halogens is 1. The number of pyridine rings is 1. The van der Waals surface area contributed by atoms with Crippen molar-refractivity contribution in [3.05, 3.63) is 29.0 Å². The zero-order valence-corrected chi connectivity index (χ0v) is 7.67. The number of nitrogens with zero attached hydrogens (tertiary/aromatic N) is 2. The van der Waals surface area contributed by atoms with Gasteiger partial charge in [-0.1, -0.05) is 16.8 Å². The summed E-state index contributed by atoms with van der Waals surface area (Å²) in [5, 5.41) is 4.23. The molecular formula is C8H9ClN2O. The summed E-state index contributed by atoms with van der Waals surface area (Å²) in [5.74, 6) is 0. The summed E-state index contributed by atoms with van der Waals surface area (Å²) in [7, 11) is 1.51. The molecule has 0 radical (unpaired) electrons. The molecule has 0 aliphatic carbocycles. The van der Waals surface area contributed by atoms with Gasteiger partial charge in [0.05, 0.1) is 5.71 Å². The van der Waals surface area contributed by atoms with Crippen molar-refractivity contribution in [3.8, 4) is 0 Å². The summed E-state index contributed by atoms with van der Waals surface area (Å²) in [6, 6.07) is 3.55. The second-order valence-corrected chi connectivity index (χ2v) is 2.62. The molecule has 1 rings (SSSR count). The lowest BCUT2D eigenvalue weighted by Gasteiger charge is -1.97. The number of hydrogen-bond donors (Lipinski definition) is 0. The van der Waals surface area contributed by atoms with Crippen LogP contribution in [0.25, 0.3) is 0 Å². The number of hydrogen-bond acceptors (Lipinski definition) is 3. The van der Waals surface area contributed by atoms with E-state index < -0.39 is 0 Å². The third kappa shape index (κ3) is 2.20. The van der Waals surface area contributed by atoms with Crippen LogP contribution in [0.1, 0.15) is 12.5 Å². The van der Waals surface area contributed by atoms with Crippen LogP contribution in [0.2, 0.25) is 5.15 Å². The van der Waals surface area contributed by atoms with E-state index in [9.17, 15) is 0 Å². The minimum Gasteiger partial charge on any atom is -0.399 e. The minimum absolute atomic E-state index is 0.476. The smallest absolute Gasteiger partial charge is 0.129 e. The van der Waals surface area contributed by atoms with Gasteiger partial charge in [-0.05, 0) is 19.1 Å². The van der Waals surface area contributed by atoms with Crippen LogP contribution in [-0.2, 0) is 4.84 Å². The average Bonchev–Trinajstić information content (AvgIpc) is 2.06. The van der Waals surface area contributed by atoms with Crippen LogP contribution in [-0.4, -0.2) is 17.8 Å². The van der Waals surface area contributed by atoms with Crippen LogP contribution in [0.4, 0.5) is 0 Å². The van der Waals surface area contributed by atoms with Crippen molar-refractivity contribution in [2.24, 2.45) is 5.16 Å². The maximum absolute atomic E-state index is 5.61. The molecule has 3 nitrogen and oxygen atoms in total. The van der Waals surface area contributed by atoms with E-state index in [4.69, 9.17) is 11.6 Å². The van der Waals surface area contributed by atoms with Gasteiger partial charge in [0.15, 0.2) is 0 Å². The Bertz CT molecular complexity index is 282. The molecule has 0 saturated heterocycles. The monoisotopic (exact) mass is 184 g/mol. The summed E-state index contributed by atoms with van der Waals surface area (Å²) in [6.07, 6.45) is 1.65. The van der Waals surface area contributed by atoms with Gasteiger partial charge in [0.1, 0.15) is 12.3 Å². The fourth-order valence-corrected chi connectivity index (χ4v) is 0.891. The van der Waals surface area contributed by atoms with E-state index in [2.05, 4.69) is 15.0 Å². The van der Waals surface area contributed by atoms with Crippen molar-refractivity contribution in [2.75, 3.05) is 7.11 Å². The second kappa shape index (κ2) is 4.07. The molecule has 0 N–H and O–H groups in total. The number of rotatable bonds is 2. The Morgan fingerprint density at radius 2 is 2.33 bits per heavy atom. The van der Waals surface area contributed by atoms with Gasteiger partial charge in [-0.25, -0.2) is 4.98 Å². The van der Waals surface area contributed by atoms with E-state index in [1.54, 1.807) is 12.3 Å². The minimum atomic E-state index is 0.476. The van der Waals surface area contributed by atoms with Crippen molar-refractivity contribution in [3.63, 3.8) is 0 Å². The Kier molecular flexibility index (Phi) is 3.05. The van der Waals surface area contributed by atoms with Crippen LogP contribution in [0.15, 0.2) is 23.5 Å². The Morgan fingerprint density at radius 3 is 2.83 bits per heavy atom. The van der Waals surface area contributed by atoms with E-state index in [0.717, 1.165) is 11.3 Å². The first-order chi connectivity index (χ1) is 5.74. The van der Waals surface area contributed by atoms with E-state index in [0.29, 0.717) is 5.15 Å². The number of oxime groups is 1. The zero-order valence-electron chi connectivity index (χ0n) is 6.91. The molecule has 1 aromatic rings. The highest BCUT2D eigenvalue weighted by Gasteiger charge is 1.97. The Hall–Kier alpha value is -1.09. The molecule has 0 aliphatic heterocycles. The maximum atomic E-state index is 5.61. The second-order valence-electron chi connectivity index (χ2n) is 2.23. The van der Waals surface area contributed by atoms with Crippen LogP contribution in [0.5, 0.6) is 0 Å². The van der Waals surface area contributed by atoms with Crippen LogP contribution in [0.3, 0.4) is 0 Å². The lowest BCUT2D eigenvalue weighted by atomic mass is 10.2. The summed E-state index contributed by atoms with van der Waals surface area (Å²) in [5.41, 5.74) is 1.68. The highest BCUT2D eigenvalue weighted by molar-refractivity contribution is 6.29. The summed E-state index contributed by atoms with van der Waals surface area (Å²) < 4.78 is 0. The molecule has 0 atom stereocenters. The van der Waals surface area contributed by atoms with Gasteiger partial charge in [-0.3, -0.25) is 0 Å². The summed E-state index contributed by atoms with van der Waals surface area (Å²) in [6.45, 7) is 1.84. The normalized spacial score (nSPS) is 11.4. The first-order valence-electron chi connectivity index (χ1n) is 3.43. The van der Waals surface area contributed by atoms with Crippen molar-refractivity contribution in [1.82, 2.24) is 4.98 Å². The van der Waals surface area contributed by atoms with Gasteiger partial charge < -0.3 is 4.84 Å². The van der Waals surface area contributed by atoms with Crippen molar-refractivity contribution in [1.29, 1.82) is 0 Å². The van der Waals surface area contributed by atoms with Crippen molar-refractivity contribution < 1.29 is 4.84 Å². The predicted molar refractivity (Wildman–Crippen MR) is 48.5 cm³/mol. The molecular weight excluding hydrogens is 176 g/mol. The highest BCUT2D eigenvalue weighted by Crippen LogP contribution is 2.06. The maximum Gasteiger partial charge on any atom is 0.129 e. The Morgan fingerprint density at radius 1 is 1.58 bits per heavy atom.